The van der Waals surface area contributed by atoms with Crippen LogP contribution in [-0.4, -0.2) is 132 Å². The summed E-state index contributed by atoms with van der Waals surface area (Å²) in [5.41, 5.74) is -1.84. The van der Waals surface area contributed by atoms with Gasteiger partial charge in [0.2, 0.25) is 10.0 Å². The van der Waals surface area contributed by atoms with Crippen molar-refractivity contribution in [1.29, 1.82) is 0 Å². The molecule has 4 amide bonds. The third-order valence-electron chi connectivity index (χ3n) is 9.81. The molecule has 2 aromatic carbocycles. The Morgan fingerprint density at radius 3 is 1.72 bits per heavy atom. The van der Waals surface area contributed by atoms with Crippen LogP contribution in [0.25, 0.3) is 5.70 Å². The summed E-state index contributed by atoms with van der Waals surface area (Å²) in [6, 6.07) is 11.5. The summed E-state index contributed by atoms with van der Waals surface area (Å²) >= 11 is 0. The van der Waals surface area contributed by atoms with E-state index in [4.69, 9.17) is 14.2 Å². The Morgan fingerprint density at radius 1 is 0.687 bits per heavy atom. The number of aryl methyl sites for hydroxylation is 1. The van der Waals surface area contributed by atoms with Gasteiger partial charge in [0.1, 0.15) is 16.8 Å². The molecule has 0 heterocycles. The molecule has 0 spiro atoms. The number of rotatable bonds is 21. The van der Waals surface area contributed by atoms with Crippen LogP contribution in [-0.2, 0) is 35.4 Å². The third-order valence-corrected chi connectivity index (χ3v) is 11.8. The van der Waals surface area contributed by atoms with Crippen LogP contribution in [0.1, 0.15) is 112 Å². The van der Waals surface area contributed by atoms with Gasteiger partial charge in [-0.1, -0.05) is 42.5 Å². The molecule has 374 valence electrons. The number of ether oxygens (including phenoxy) is 3. The van der Waals surface area contributed by atoms with Crippen molar-refractivity contribution in [3.05, 3.63) is 75.8 Å². The number of hydrogen-bond acceptors (Lipinski definition) is 11. The summed E-state index contributed by atoms with van der Waals surface area (Å²) in [6.45, 7) is 14.9. The van der Waals surface area contributed by atoms with Crippen LogP contribution >= 0.6 is 0 Å². The lowest BCUT2D eigenvalue weighted by Crippen LogP contribution is -2.43. The first-order chi connectivity index (χ1) is 31.0. The summed E-state index contributed by atoms with van der Waals surface area (Å²) in [7, 11) is -4.68. The van der Waals surface area contributed by atoms with E-state index in [1.807, 2.05) is 0 Å². The molecular weight excluding hydrogens is 902 g/mol. The van der Waals surface area contributed by atoms with Crippen molar-refractivity contribution in [2.45, 2.75) is 135 Å². The molecule has 17 nitrogen and oxygen atoms in total. The molecule has 1 aliphatic rings. The maximum atomic E-state index is 14.3. The number of hydrogen-bond donors (Lipinski definition) is 1. The second-order valence-electron chi connectivity index (χ2n) is 19.0. The first-order valence-electron chi connectivity index (χ1n) is 22.3. The van der Waals surface area contributed by atoms with Crippen LogP contribution in [0.5, 0.6) is 0 Å². The topological polar surface area (TPSA) is 198 Å². The monoisotopic (exact) mass is 968 g/mol. The Kier molecular flexibility index (Phi) is 20.0. The Balaban J connectivity index is 1.82. The molecule has 2 aromatic rings. The molecule has 1 aliphatic carbocycles. The van der Waals surface area contributed by atoms with Gasteiger partial charge in [0.15, 0.2) is 4.90 Å². The van der Waals surface area contributed by atoms with Crippen molar-refractivity contribution in [1.82, 2.24) is 24.3 Å². The molecule has 21 heteroatoms. The van der Waals surface area contributed by atoms with Gasteiger partial charge in [-0.05, 0) is 119 Å². The van der Waals surface area contributed by atoms with E-state index in [9.17, 15) is 50.9 Å². The van der Waals surface area contributed by atoms with E-state index in [0.717, 1.165) is 22.0 Å². The molecule has 1 N–H and O–H groups in total. The van der Waals surface area contributed by atoms with Crippen LogP contribution in [0, 0.1) is 10.1 Å². The van der Waals surface area contributed by atoms with Crippen molar-refractivity contribution >= 4 is 45.6 Å². The number of fused-ring (bicyclic) bond motifs is 1. The van der Waals surface area contributed by atoms with Gasteiger partial charge in [-0.15, -0.1) is 0 Å². The Morgan fingerprint density at radius 2 is 1.18 bits per heavy atom. The fourth-order valence-corrected chi connectivity index (χ4v) is 8.66. The summed E-state index contributed by atoms with van der Waals surface area (Å²) in [4.78, 5) is 65.7. The first kappa shape index (κ1) is 55.9. The van der Waals surface area contributed by atoms with Crippen LogP contribution in [0.2, 0.25) is 0 Å². The number of nitrogens with one attached hydrogen (secondary N) is 1. The molecule has 0 unspecified atom stereocenters. The number of allylic oxidation sites excluding steroid dienone is 1. The molecule has 0 bridgehead atoms. The fourth-order valence-electron chi connectivity index (χ4n) is 6.98. The van der Waals surface area contributed by atoms with E-state index in [-0.39, 0.29) is 57.8 Å². The number of benzene rings is 2. The number of nitro groups is 1. The quantitative estimate of drug-likeness (QED) is 0.0543. The fraction of sp³-hybridized carbons (Fsp3) is 0.609. The van der Waals surface area contributed by atoms with Gasteiger partial charge in [-0.25, -0.2) is 22.8 Å². The van der Waals surface area contributed by atoms with Gasteiger partial charge in [0, 0.05) is 69.7 Å². The molecule has 0 aromatic heterocycles. The standard InChI is InChI=1S/C46H67F3N6O11S/c1-43(2,3)64-40(57)50-26-17-29-51(41(58)65-44(4,5)6)27-14-15-28-52(42(59)66-45(7,8)9)30-18-31-53(67(62,63)38-25-13-12-23-37(38)55(60)61)32-19-33-54(39(56)46(47,48)49)36-24-16-21-34-20-10-11-22-35(34)36/h10-13,20,22-25H,14-19,21,26-33H2,1-9H3,(H,50,57). The highest BCUT2D eigenvalue weighted by atomic mass is 32.2. The van der Waals surface area contributed by atoms with E-state index >= 15 is 0 Å². The van der Waals surface area contributed by atoms with Gasteiger partial charge in [-0.2, -0.15) is 17.5 Å². The molecule has 0 fully saturated rings. The molecule has 0 saturated heterocycles. The van der Waals surface area contributed by atoms with Crippen molar-refractivity contribution in [2.24, 2.45) is 0 Å². The summed E-state index contributed by atoms with van der Waals surface area (Å²) in [5, 5.41) is 14.7. The highest BCUT2D eigenvalue weighted by Crippen LogP contribution is 2.33. The number of alkyl halides is 3. The van der Waals surface area contributed by atoms with E-state index in [1.54, 1.807) is 92.7 Å². The number of carbonyl (C=O) groups excluding carboxylic acids is 4. The van der Waals surface area contributed by atoms with Gasteiger partial charge < -0.3 is 34.2 Å². The molecule has 0 aliphatic heterocycles. The number of nitrogens with zero attached hydrogens (tertiary/aromatic N) is 5. The minimum absolute atomic E-state index is 0.0302. The zero-order chi connectivity index (χ0) is 50.4. The van der Waals surface area contributed by atoms with E-state index in [2.05, 4.69) is 5.32 Å². The number of sulfonamides is 1. The SMILES string of the molecule is CC(C)(C)OC(=O)NCCCN(CCCCN(CCCN(CCCN(C(=O)C(F)(F)F)C1=CCCc2ccccc21)S(=O)(=O)c1ccccc1[N+](=O)[O-])C(=O)OC(C)(C)C)C(=O)OC(C)(C)C. The minimum atomic E-state index is -5.25. The largest absolute Gasteiger partial charge is 0.471 e. The predicted octanol–water partition coefficient (Wildman–Crippen LogP) is 8.91. The lowest BCUT2D eigenvalue weighted by Gasteiger charge is -2.31. The molecule has 0 atom stereocenters. The number of nitro benzene ring substituents is 1. The number of halogens is 3. The zero-order valence-electron chi connectivity index (χ0n) is 40.1. The number of para-hydroxylation sites is 1. The average Bonchev–Trinajstić information content (AvgIpc) is 3.20. The van der Waals surface area contributed by atoms with Gasteiger partial charge in [-0.3, -0.25) is 14.9 Å². The number of amides is 4. The van der Waals surface area contributed by atoms with E-state index in [0.29, 0.717) is 42.6 Å². The van der Waals surface area contributed by atoms with Gasteiger partial charge in [0.25, 0.3) is 5.69 Å². The molecule has 67 heavy (non-hydrogen) atoms. The molecular formula is C46H67F3N6O11S. The maximum Gasteiger partial charge on any atom is 0.471 e. The average molecular weight is 969 g/mol. The van der Waals surface area contributed by atoms with Crippen LogP contribution in [0.15, 0.2) is 59.5 Å². The minimum Gasteiger partial charge on any atom is -0.444 e. The number of carbonyl (C=O) groups is 4. The van der Waals surface area contributed by atoms with Crippen molar-refractivity contribution < 1.29 is 59.9 Å². The van der Waals surface area contributed by atoms with Crippen molar-refractivity contribution in [2.75, 3.05) is 52.4 Å². The second-order valence-corrected chi connectivity index (χ2v) is 20.9. The highest BCUT2D eigenvalue weighted by molar-refractivity contribution is 7.89. The maximum absolute atomic E-state index is 14.3. The zero-order valence-corrected chi connectivity index (χ0v) is 40.9. The Labute approximate surface area is 392 Å². The van der Waals surface area contributed by atoms with Gasteiger partial charge in [0.05, 0.1) is 4.92 Å². The lowest BCUT2D eigenvalue weighted by atomic mass is 9.94. The summed E-state index contributed by atoms with van der Waals surface area (Å²) in [6.07, 6.45) is -3.84. The van der Waals surface area contributed by atoms with Crippen molar-refractivity contribution in [3.8, 4) is 0 Å². The normalized spacial score (nSPS) is 13.2. The number of unbranched alkanes of at least 4 members (excludes halogenated alkanes) is 1. The Bertz CT molecular complexity index is 2170. The van der Waals surface area contributed by atoms with Crippen molar-refractivity contribution in [3.63, 3.8) is 0 Å². The summed E-state index contributed by atoms with van der Waals surface area (Å²) < 4.78 is 88.2. The lowest BCUT2D eigenvalue weighted by molar-refractivity contribution is -0.387. The smallest absolute Gasteiger partial charge is 0.444 e. The van der Waals surface area contributed by atoms with Gasteiger partial charge >= 0.3 is 30.4 Å². The van der Waals surface area contributed by atoms with Crippen LogP contribution < -0.4 is 5.32 Å². The van der Waals surface area contributed by atoms with E-state index < -0.39 is 85.8 Å². The molecule has 0 radical (unpaired) electrons. The second kappa shape index (κ2) is 24.0. The van der Waals surface area contributed by atoms with Crippen LogP contribution in [0.3, 0.4) is 0 Å². The summed E-state index contributed by atoms with van der Waals surface area (Å²) in [5.74, 6) is -2.12. The molecule has 3 rings (SSSR count). The third kappa shape index (κ3) is 18.6. The predicted molar refractivity (Wildman–Crippen MR) is 245 cm³/mol. The Hall–Kier alpha value is -5.44. The molecule has 0 saturated carbocycles. The number of alkyl carbamates (subject to hydrolysis) is 1. The van der Waals surface area contributed by atoms with Crippen LogP contribution in [0.4, 0.5) is 33.2 Å². The highest BCUT2D eigenvalue weighted by Gasteiger charge is 2.44. The van der Waals surface area contributed by atoms with E-state index in [1.165, 1.54) is 21.9 Å². The first-order valence-corrected chi connectivity index (χ1v) is 23.8.